The van der Waals surface area contributed by atoms with E-state index >= 15 is 0 Å². The molecule has 1 amide bonds. The van der Waals surface area contributed by atoms with E-state index in [2.05, 4.69) is 5.32 Å². The zero-order valence-corrected chi connectivity index (χ0v) is 14.9. The van der Waals surface area contributed by atoms with Gasteiger partial charge in [-0.2, -0.15) is 0 Å². The average molecular weight is 351 g/mol. The molecule has 1 atom stereocenters. The van der Waals surface area contributed by atoms with E-state index < -0.39 is 11.9 Å². The van der Waals surface area contributed by atoms with Crippen molar-refractivity contribution in [2.45, 2.75) is 44.6 Å². The summed E-state index contributed by atoms with van der Waals surface area (Å²) in [7, 11) is 0. The first-order chi connectivity index (χ1) is 12.6. The van der Waals surface area contributed by atoms with Crippen LogP contribution in [-0.2, 0) is 4.79 Å². The largest absolute Gasteiger partial charge is 0.380 e. The summed E-state index contributed by atoms with van der Waals surface area (Å²) in [5, 5.41) is 13.2. The number of amides is 1. The first kappa shape index (κ1) is 18.3. The molecular weight excluding hydrogens is 326 g/mol. The SMILES string of the molecule is O=C(CCC1CCCC1)Nc1ccccc1C(=O)C(O)c1ccccc1. The molecule has 2 aromatic rings. The number of benzene rings is 2. The third-order valence-corrected chi connectivity index (χ3v) is 5.08. The Morgan fingerprint density at radius 1 is 1.00 bits per heavy atom. The molecule has 0 saturated heterocycles. The number of aliphatic hydroxyl groups excluding tert-OH is 1. The van der Waals surface area contributed by atoms with Crippen LogP contribution >= 0.6 is 0 Å². The summed E-state index contributed by atoms with van der Waals surface area (Å²) in [6.45, 7) is 0. The van der Waals surface area contributed by atoms with E-state index in [1.807, 2.05) is 6.07 Å². The van der Waals surface area contributed by atoms with Crippen LogP contribution in [0.3, 0.4) is 0 Å². The van der Waals surface area contributed by atoms with Gasteiger partial charge in [0.2, 0.25) is 5.91 Å². The van der Waals surface area contributed by atoms with Gasteiger partial charge in [-0.25, -0.2) is 0 Å². The molecule has 1 saturated carbocycles. The highest BCUT2D eigenvalue weighted by Crippen LogP contribution is 2.29. The summed E-state index contributed by atoms with van der Waals surface area (Å²) < 4.78 is 0. The van der Waals surface area contributed by atoms with Gasteiger partial charge < -0.3 is 10.4 Å². The molecule has 0 bridgehead atoms. The van der Waals surface area contributed by atoms with Crippen LogP contribution in [0.4, 0.5) is 5.69 Å². The second kappa shape index (κ2) is 8.77. The minimum atomic E-state index is -1.24. The number of nitrogens with one attached hydrogen (secondary N) is 1. The highest BCUT2D eigenvalue weighted by Gasteiger charge is 2.22. The van der Waals surface area contributed by atoms with Crippen molar-refractivity contribution in [2.24, 2.45) is 5.92 Å². The predicted octanol–water partition coefficient (Wildman–Crippen LogP) is 4.51. The van der Waals surface area contributed by atoms with Crippen molar-refractivity contribution in [3.8, 4) is 0 Å². The lowest BCUT2D eigenvalue weighted by Gasteiger charge is -2.15. The highest BCUT2D eigenvalue weighted by molar-refractivity contribution is 6.07. The number of hydrogen-bond acceptors (Lipinski definition) is 3. The minimum absolute atomic E-state index is 0.0775. The van der Waals surface area contributed by atoms with Gasteiger partial charge in [-0.3, -0.25) is 9.59 Å². The summed E-state index contributed by atoms with van der Waals surface area (Å²) in [5.41, 5.74) is 1.34. The maximum atomic E-state index is 12.7. The molecule has 3 rings (SSSR count). The fourth-order valence-corrected chi connectivity index (χ4v) is 3.59. The molecular formula is C22H25NO3. The van der Waals surface area contributed by atoms with Gasteiger partial charge in [0, 0.05) is 12.0 Å². The number of para-hydroxylation sites is 1. The molecule has 0 radical (unpaired) electrons. The highest BCUT2D eigenvalue weighted by atomic mass is 16.3. The number of carbonyl (C=O) groups is 2. The second-order valence-electron chi connectivity index (χ2n) is 6.96. The third-order valence-electron chi connectivity index (χ3n) is 5.08. The topological polar surface area (TPSA) is 66.4 Å². The van der Waals surface area contributed by atoms with Gasteiger partial charge in [-0.05, 0) is 30.0 Å². The van der Waals surface area contributed by atoms with E-state index in [4.69, 9.17) is 0 Å². The molecule has 2 aromatic carbocycles. The summed E-state index contributed by atoms with van der Waals surface area (Å²) in [5.74, 6) is 0.159. The molecule has 0 aliphatic heterocycles. The lowest BCUT2D eigenvalue weighted by atomic mass is 9.98. The van der Waals surface area contributed by atoms with Gasteiger partial charge in [-0.15, -0.1) is 0 Å². The summed E-state index contributed by atoms with van der Waals surface area (Å²) >= 11 is 0. The normalized spacial score (nSPS) is 15.6. The maximum absolute atomic E-state index is 12.7. The zero-order chi connectivity index (χ0) is 18.4. The molecule has 1 aliphatic rings. The number of rotatable bonds is 7. The number of carbonyl (C=O) groups excluding carboxylic acids is 2. The third kappa shape index (κ3) is 4.58. The van der Waals surface area contributed by atoms with Gasteiger partial charge in [0.15, 0.2) is 5.78 Å². The van der Waals surface area contributed by atoms with Crippen molar-refractivity contribution < 1.29 is 14.7 Å². The molecule has 136 valence electrons. The fraction of sp³-hybridized carbons (Fsp3) is 0.364. The number of anilines is 1. The van der Waals surface area contributed by atoms with Gasteiger partial charge in [0.05, 0.1) is 5.69 Å². The minimum Gasteiger partial charge on any atom is -0.380 e. The number of ketones is 1. The molecule has 2 N–H and O–H groups in total. The van der Waals surface area contributed by atoms with Crippen LogP contribution < -0.4 is 5.32 Å². The Bertz CT molecular complexity index is 751. The molecule has 0 spiro atoms. The summed E-state index contributed by atoms with van der Waals surface area (Å²) in [4.78, 5) is 25.0. The van der Waals surface area contributed by atoms with Gasteiger partial charge >= 0.3 is 0 Å². The van der Waals surface area contributed by atoms with Crippen LogP contribution in [0, 0.1) is 5.92 Å². The van der Waals surface area contributed by atoms with E-state index in [1.165, 1.54) is 25.7 Å². The lowest BCUT2D eigenvalue weighted by Crippen LogP contribution is -2.18. The average Bonchev–Trinajstić information content (AvgIpc) is 3.20. The Morgan fingerprint density at radius 3 is 2.38 bits per heavy atom. The van der Waals surface area contributed by atoms with Crippen molar-refractivity contribution in [2.75, 3.05) is 5.32 Å². The summed E-state index contributed by atoms with van der Waals surface area (Å²) in [6, 6.07) is 15.7. The van der Waals surface area contributed by atoms with Gasteiger partial charge in [0.1, 0.15) is 6.10 Å². The van der Waals surface area contributed by atoms with Crippen molar-refractivity contribution >= 4 is 17.4 Å². The van der Waals surface area contributed by atoms with E-state index in [0.717, 1.165) is 6.42 Å². The Kier molecular flexibility index (Phi) is 6.18. The van der Waals surface area contributed by atoms with Crippen LogP contribution in [0.1, 0.15) is 60.6 Å². The first-order valence-electron chi connectivity index (χ1n) is 9.31. The molecule has 1 fully saturated rings. The van der Waals surface area contributed by atoms with Crippen LogP contribution in [0.2, 0.25) is 0 Å². The van der Waals surface area contributed by atoms with Gasteiger partial charge in [0.25, 0.3) is 0 Å². The van der Waals surface area contributed by atoms with Crippen molar-refractivity contribution in [3.05, 3.63) is 65.7 Å². The Morgan fingerprint density at radius 2 is 1.65 bits per heavy atom. The van der Waals surface area contributed by atoms with Crippen molar-refractivity contribution in [1.82, 2.24) is 0 Å². The van der Waals surface area contributed by atoms with Crippen LogP contribution in [0.15, 0.2) is 54.6 Å². The Labute approximate surface area is 154 Å². The van der Waals surface area contributed by atoms with E-state index in [-0.39, 0.29) is 5.91 Å². The van der Waals surface area contributed by atoms with Crippen LogP contribution in [0.5, 0.6) is 0 Å². The second-order valence-corrected chi connectivity index (χ2v) is 6.96. The molecule has 1 aliphatic carbocycles. The zero-order valence-electron chi connectivity index (χ0n) is 14.9. The Balaban J connectivity index is 1.67. The smallest absolute Gasteiger partial charge is 0.224 e. The predicted molar refractivity (Wildman–Crippen MR) is 102 cm³/mol. The van der Waals surface area contributed by atoms with Gasteiger partial charge in [-0.1, -0.05) is 68.1 Å². The van der Waals surface area contributed by atoms with E-state index in [1.54, 1.807) is 48.5 Å². The molecule has 0 aromatic heterocycles. The molecule has 26 heavy (non-hydrogen) atoms. The van der Waals surface area contributed by atoms with Crippen molar-refractivity contribution in [3.63, 3.8) is 0 Å². The fourth-order valence-electron chi connectivity index (χ4n) is 3.59. The van der Waals surface area contributed by atoms with E-state index in [0.29, 0.717) is 29.2 Å². The maximum Gasteiger partial charge on any atom is 0.224 e. The summed E-state index contributed by atoms with van der Waals surface area (Å²) in [6.07, 6.45) is 5.08. The lowest BCUT2D eigenvalue weighted by molar-refractivity contribution is -0.116. The van der Waals surface area contributed by atoms with Crippen LogP contribution in [-0.4, -0.2) is 16.8 Å². The molecule has 4 nitrogen and oxygen atoms in total. The number of aliphatic hydroxyl groups is 1. The van der Waals surface area contributed by atoms with Crippen LogP contribution in [0.25, 0.3) is 0 Å². The monoisotopic (exact) mass is 351 g/mol. The molecule has 1 unspecified atom stereocenters. The molecule has 0 heterocycles. The standard InChI is InChI=1S/C22H25NO3/c24-20(15-14-16-8-4-5-9-16)23-19-13-7-6-12-18(19)22(26)21(25)17-10-2-1-3-11-17/h1-3,6-7,10-13,16,21,25H,4-5,8-9,14-15H2,(H,23,24). The van der Waals surface area contributed by atoms with Crippen molar-refractivity contribution in [1.29, 1.82) is 0 Å². The van der Waals surface area contributed by atoms with E-state index in [9.17, 15) is 14.7 Å². The quantitative estimate of drug-likeness (QED) is 0.721. The first-order valence-corrected chi connectivity index (χ1v) is 9.31. The molecule has 4 heteroatoms. The Hall–Kier alpha value is -2.46. The number of Topliss-reactive ketones (excluding diaryl/α,β-unsaturated/α-hetero) is 1. The number of hydrogen-bond donors (Lipinski definition) is 2.